The van der Waals surface area contributed by atoms with Gasteiger partial charge < -0.3 is 15.0 Å². The Morgan fingerprint density at radius 1 is 1.38 bits per heavy atom. The SMILES string of the molecule is CCC[C@H](CNC(=O)OC)C(=O)N1CC2CC2(c2ccc(C)c(C(F)(F)F)c2)C1. The lowest BCUT2D eigenvalue weighted by molar-refractivity contribution is -0.138. The molecule has 1 aromatic carbocycles. The first-order chi connectivity index (χ1) is 13.6. The number of hydrogen-bond acceptors (Lipinski definition) is 3. The maximum atomic E-state index is 13.3. The Labute approximate surface area is 168 Å². The molecule has 1 saturated heterocycles. The molecule has 160 valence electrons. The molecule has 3 rings (SSSR count). The van der Waals surface area contributed by atoms with E-state index in [1.165, 1.54) is 26.2 Å². The lowest BCUT2D eigenvalue weighted by atomic mass is 9.91. The van der Waals surface area contributed by atoms with Crippen molar-refractivity contribution in [1.29, 1.82) is 0 Å². The molecule has 1 N–H and O–H groups in total. The first-order valence-electron chi connectivity index (χ1n) is 9.91. The third-order valence-electron chi connectivity index (χ3n) is 6.24. The molecular formula is C21H27F3N2O3. The average molecular weight is 412 g/mol. The highest BCUT2D eigenvalue weighted by Crippen LogP contribution is 2.59. The van der Waals surface area contributed by atoms with E-state index in [1.807, 2.05) is 6.92 Å². The molecule has 2 fully saturated rings. The molecule has 2 unspecified atom stereocenters. The van der Waals surface area contributed by atoms with E-state index in [4.69, 9.17) is 0 Å². The smallest absolute Gasteiger partial charge is 0.416 e. The molecule has 1 aliphatic heterocycles. The Morgan fingerprint density at radius 2 is 2.10 bits per heavy atom. The Bertz CT molecular complexity index is 796. The Morgan fingerprint density at radius 3 is 2.72 bits per heavy atom. The molecule has 0 bridgehead atoms. The van der Waals surface area contributed by atoms with Crippen molar-refractivity contribution in [1.82, 2.24) is 10.2 Å². The molecule has 1 aliphatic carbocycles. The summed E-state index contributed by atoms with van der Waals surface area (Å²) in [6.45, 7) is 4.59. The molecule has 1 aromatic rings. The van der Waals surface area contributed by atoms with E-state index in [1.54, 1.807) is 11.0 Å². The highest BCUT2D eigenvalue weighted by Gasteiger charge is 2.62. The number of likely N-dealkylation sites (tertiary alicyclic amines) is 1. The van der Waals surface area contributed by atoms with Crippen LogP contribution < -0.4 is 5.32 Å². The Kier molecular flexibility index (Phi) is 5.83. The van der Waals surface area contributed by atoms with Crippen molar-refractivity contribution in [2.75, 3.05) is 26.7 Å². The number of alkyl halides is 3. The number of ether oxygens (including phenoxy) is 1. The highest BCUT2D eigenvalue weighted by atomic mass is 19.4. The minimum absolute atomic E-state index is 0.0574. The number of alkyl carbamates (subject to hydrolysis) is 1. The van der Waals surface area contributed by atoms with Crippen molar-refractivity contribution in [3.63, 3.8) is 0 Å². The highest BCUT2D eigenvalue weighted by molar-refractivity contribution is 5.81. The summed E-state index contributed by atoms with van der Waals surface area (Å²) in [4.78, 5) is 26.1. The van der Waals surface area contributed by atoms with Gasteiger partial charge in [-0.3, -0.25) is 4.79 Å². The summed E-state index contributed by atoms with van der Waals surface area (Å²) in [5.41, 5.74) is -0.116. The second kappa shape index (κ2) is 7.88. The van der Waals surface area contributed by atoms with Gasteiger partial charge in [-0.25, -0.2) is 4.79 Å². The molecule has 1 saturated carbocycles. The quantitative estimate of drug-likeness (QED) is 0.771. The topological polar surface area (TPSA) is 58.6 Å². The molecule has 8 heteroatoms. The van der Waals surface area contributed by atoms with E-state index in [-0.39, 0.29) is 35.3 Å². The molecule has 0 aromatic heterocycles. The Balaban J connectivity index is 1.74. The number of rotatable bonds is 6. The first-order valence-corrected chi connectivity index (χ1v) is 9.91. The number of amides is 2. The van der Waals surface area contributed by atoms with Crippen LogP contribution >= 0.6 is 0 Å². The van der Waals surface area contributed by atoms with E-state index in [2.05, 4.69) is 10.1 Å². The number of nitrogens with zero attached hydrogens (tertiary/aromatic N) is 1. The molecule has 0 radical (unpaired) electrons. The average Bonchev–Trinajstić information content (AvgIpc) is 3.24. The van der Waals surface area contributed by atoms with Gasteiger partial charge >= 0.3 is 12.3 Å². The van der Waals surface area contributed by atoms with Gasteiger partial charge in [-0.2, -0.15) is 13.2 Å². The summed E-state index contributed by atoms with van der Waals surface area (Å²) < 4.78 is 44.5. The second-order valence-corrected chi connectivity index (χ2v) is 8.16. The molecule has 0 spiro atoms. The standard InChI is InChI=1S/C21H27F3N2O3/c1-4-5-14(10-25-19(28)29-3)18(27)26-11-16-9-20(16,12-26)15-7-6-13(2)17(8-15)21(22,23)24/h6-8,14,16H,4-5,9-12H2,1-3H3,(H,25,28)/t14-,16?,20?/m1/s1. The number of fused-ring (bicyclic) bond motifs is 1. The number of nitrogens with one attached hydrogen (secondary N) is 1. The molecule has 29 heavy (non-hydrogen) atoms. The maximum absolute atomic E-state index is 13.3. The third kappa shape index (κ3) is 4.21. The van der Waals surface area contributed by atoms with Gasteiger partial charge in [0.1, 0.15) is 0 Å². The predicted octanol–water partition coefficient (Wildman–Crippen LogP) is 3.89. The Hall–Kier alpha value is -2.25. The molecule has 2 amide bonds. The van der Waals surface area contributed by atoms with E-state index < -0.39 is 17.8 Å². The molecule has 1 heterocycles. The third-order valence-corrected chi connectivity index (χ3v) is 6.24. The lowest BCUT2D eigenvalue weighted by Gasteiger charge is -2.26. The number of benzene rings is 1. The number of methoxy groups -OCH3 is 1. The number of hydrogen-bond donors (Lipinski definition) is 1. The summed E-state index contributed by atoms with van der Waals surface area (Å²) in [5, 5.41) is 2.58. The summed E-state index contributed by atoms with van der Waals surface area (Å²) in [6, 6.07) is 4.54. The van der Waals surface area contributed by atoms with Crippen LogP contribution in [-0.2, 0) is 21.1 Å². The monoisotopic (exact) mass is 412 g/mol. The van der Waals surface area contributed by atoms with Gasteiger partial charge in [0.25, 0.3) is 0 Å². The van der Waals surface area contributed by atoms with Gasteiger partial charge in [0.05, 0.1) is 18.6 Å². The van der Waals surface area contributed by atoms with Gasteiger partial charge in [0.15, 0.2) is 0 Å². The van der Waals surface area contributed by atoms with E-state index >= 15 is 0 Å². The van der Waals surface area contributed by atoms with Crippen LogP contribution in [0.5, 0.6) is 0 Å². The molecular weight excluding hydrogens is 385 g/mol. The minimum Gasteiger partial charge on any atom is -0.453 e. The van der Waals surface area contributed by atoms with Crippen LogP contribution in [-0.4, -0.2) is 43.6 Å². The maximum Gasteiger partial charge on any atom is 0.416 e. The van der Waals surface area contributed by atoms with E-state index in [0.29, 0.717) is 25.1 Å². The molecule has 2 aliphatic rings. The van der Waals surface area contributed by atoms with E-state index in [9.17, 15) is 22.8 Å². The number of aryl methyl sites for hydroxylation is 1. The van der Waals surface area contributed by atoms with Crippen molar-refractivity contribution < 1.29 is 27.5 Å². The van der Waals surface area contributed by atoms with Crippen molar-refractivity contribution >= 4 is 12.0 Å². The fraction of sp³-hybridized carbons (Fsp3) is 0.619. The van der Waals surface area contributed by atoms with Gasteiger partial charge in [-0.05, 0) is 42.9 Å². The lowest BCUT2D eigenvalue weighted by Crippen LogP contribution is -2.42. The minimum atomic E-state index is -4.39. The van der Waals surface area contributed by atoms with Gasteiger partial charge in [0.2, 0.25) is 5.91 Å². The fourth-order valence-electron chi connectivity index (χ4n) is 4.53. The van der Waals surface area contributed by atoms with E-state index in [0.717, 1.165) is 12.8 Å². The van der Waals surface area contributed by atoms with Crippen molar-refractivity contribution in [3.05, 3.63) is 34.9 Å². The van der Waals surface area contributed by atoms with Crippen molar-refractivity contribution in [2.24, 2.45) is 11.8 Å². The number of carbonyl (C=O) groups excluding carboxylic acids is 2. The van der Waals surface area contributed by atoms with Gasteiger partial charge in [-0.15, -0.1) is 0 Å². The van der Waals surface area contributed by atoms with Crippen LogP contribution in [0, 0.1) is 18.8 Å². The number of piperidine rings is 1. The van der Waals surface area contributed by atoms with Crippen LogP contribution in [0.15, 0.2) is 18.2 Å². The first kappa shape index (κ1) is 21.5. The van der Waals surface area contributed by atoms with Crippen LogP contribution in [0.2, 0.25) is 0 Å². The number of halogens is 3. The van der Waals surface area contributed by atoms with Gasteiger partial charge in [0, 0.05) is 25.0 Å². The van der Waals surface area contributed by atoms with Crippen LogP contribution in [0.25, 0.3) is 0 Å². The zero-order chi connectivity index (χ0) is 21.4. The van der Waals surface area contributed by atoms with Crippen molar-refractivity contribution in [3.8, 4) is 0 Å². The summed E-state index contributed by atoms with van der Waals surface area (Å²) in [7, 11) is 1.26. The van der Waals surface area contributed by atoms with Crippen molar-refractivity contribution in [2.45, 2.75) is 44.7 Å². The van der Waals surface area contributed by atoms with Crippen LogP contribution in [0.3, 0.4) is 0 Å². The van der Waals surface area contributed by atoms with Crippen LogP contribution in [0.4, 0.5) is 18.0 Å². The van der Waals surface area contributed by atoms with Crippen LogP contribution in [0.1, 0.15) is 42.9 Å². The molecule has 3 atom stereocenters. The largest absolute Gasteiger partial charge is 0.453 e. The van der Waals surface area contributed by atoms with Gasteiger partial charge in [-0.1, -0.05) is 25.5 Å². The fourth-order valence-corrected chi connectivity index (χ4v) is 4.53. The summed E-state index contributed by atoms with van der Waals surface area (Å²) in [5.74, 6) is -0.235. The molecule has 5 nitrogen and oxygen atoms in total. The number of carbonyl (C=O) groups is 2. The summed E-state index contributed by atoms with van der Waals surface area (Å²) >= 11 is 0. The normalized spacial score (nSPS) is 24.1. The zero-order valence-electron chi connectivity index (χ0n) is 16.9. The summed E-state index contributed by atoms with van der Waals surface area (Å²) in [6.07, 6.45) is -2.76. The second-order valence-electron chi connectivity index (χ2n) is 8.16. The zero-order valence-corrected chi connectivity index (χ0v) is 16.9. The predicted molar refractivity (Wildman–Crippen MR) is 101 cm³/mol.